The molecule has 3 heteroatoms. The third kappa shape index (κ3) is 2.89. The fourth-order valence-corrected chi connectivity index (χ4v) is 3.38. The Kier molecular flexibility index (Phi) is 4.68. The summed E-state index contributed by atoms with van der Waals surface area (Å²) in [5.41, 5.74) is 7.63. The minimum atomic E-state index is 0.0848. The number of rotatable bonds is 4. The van der Waals surface area contributed by atoms with Crippen molar-refractivity contribution in [1.82, 2.24) is 0 Å². The predicted molar refractivity (Wildman–Crippen MR) is 78.7 cm³/mol. The topological polar surface area (TPSA) is 35.2 Å². The first-order chi connectivity index (χ1) is 8.63. The Morgan fingerprint density at radius 3 is 2.83 bits per heavy atom. The van der Waals surface area contributed by atoms with Crippen molar-refractivity contribution in [2.24, 2.45) is 17.6 Å². The van der Waals surface area contributed by atoms with Gasteiger partial charge < -0.3 is 10.5 Å². The van der Waals surface area contributed by atoms with Crippen LogP contribution in [0.5, 0.6) is 5.75 Å². The molecule has 1 aromatic carbocycles. The van der Waals surface area contributed by atoms with E-state index in [1.54, 1.807) is 0 Å². The molecule has 1 aromatic rings. The molecule has 0 heterocycles. The van der Waals surface area contributed by atoms with Crippen LogP contribution in [-0.4, -0.2) is 6.61 Å². The Bertz CT molecular complexity index is 407. The van der Waals surface area contributed by atoms with Gasteiger partial charge in [-0.05, 0) is 43.4 Å². The number of nitrogens with two attached hydrogens (primary N) is 1. The van der Waals surface area contributed by atoms with Crippen LogP contribution in [0.15, 0.2) is 22.7 Å². The van der Waals surface area contributed by atoms with E-state index in [-0.39, 0.29) is 6.04 Å². The molecule has 3 atom stereocenters. The predicted octanol–water partition coefficient (Wildman–Crippen LogP) is 4.28. The number of hydrogen-bond donors (Lipinski definition) is 1. The third-order valence-corrected chi connectivity index (χ3v) is 4.51. The maximum Gasteiger partial charge on any atom is 0.124 e. The van der Waals surface area contributed by atoms with Crippen LogP contribution in [0.2, 0.25) is 0 Å². The molecule has 2 nitrogen and oxygen atoms in total. The lowest BCUT2D eigenvalue weighted by Gasteiger charge is -2.25. The minimum Gasteiger partial charge on any atom is -0.494 e. The van der Waals surface area contributed by atoms with Crippen LogP contribution in [0.25, 0.3) is 0 Å². The Labute approximate surface area is 118 Å². The molecular formula is C15H22BrNO. The smallest absolute Gasteiger partial charge is 0.124 e. The highest BCUT2D eigenvalue weighted by Crippen LogP contribution is 2.41. The van der Waals surface area contributed by atoms with Crippen LogP contribution in [0.1, 0.15) is 44.7 Å². The number of benzene rings is 1. The van der Waals surface area contributed by atoms with Crippen molar-refractivity contribution in [1.29, 1.82) is 0 Å². The molecule has 1 aliphatic rings. The summed E-state index contributed by atoms with van der Waals surface area (Å²) in [5, 5.41) is 0. The van der Waals surface area contributed by atoms with E-state index in [0.717, 1.165) is 15.8 Å². The maximum absolute atomic E-state index is 6.49. The highest BCUT2D eigenvalue weighted by molar-refractivity contribution is 9.10. The van der Waals surface area contributed by atoms with E-state index in [1.165, 1.54) is 19.3 Å². The lowest BCUT2D eigenvalue weighted by molar-refractivity contribution is 0.312. The Balaban J connectivity index is 2.27. The summed E-state index contributed by atoms with van der Waals surface area (Å²) in [4.78, 5) is 0. The van der Waals surface area contributed by atoms with Gasteiger partial charge in [-0.3, -0.25) is 0 Å². The third-order valence-electron chi connectivity index (χ3n) is 4.02. The van der Waals surface area contributed by atoms with Crippen molar-refractivity contribution in [3.8, 4) is 5.75 Å². The molecule has 3 unspecified atom stereocenters. The minimum absolute atomic E-state index is 0.0848. The first-order valence-electron chi connectivity index (χ1n) is 6.81. The molecule has 1 saturated carbocycles. The fourth-order valence-electron chi connectivity index (χ4n) is 3.01. The van der Waals surface area contributed by atoms with Crippen LogP contribution in [-0.2, 0) is 0 Å². The summed E-state index contributed by atoms with van der Waals surface area (Å²) in [7, 11) is 0. The van der Waals surface area contributed by atoms with E-state index in [0.29, 0.717) is 18.4 Å². The van der Waals surface area contributed by atoms with Crippen molar-refractivity contribution >= 4 is 15.9 Å². The molecule has 1 fully saturated rings. The van der Waals surface area contributed by atoms with Crippen LogP contribution in [0, 0.1) is 11.8 Å². The van der Waals surface area contributed by atoms with Gasteiger partial charge in [-0.2, -0.15) is 0 Å². The standard InChI is InChI=1S/C15H22BrNO/c1-3-18-14-8-7-11(16)9-13(14)15(17)12-6-4-5-10(12)2/h7-10,12,15H,3-6,17H2,1-2H3. The molecule has 100 valence electrons. The van der Waals surface area contributed by atoms with E-state index in [9.17, 15) is 0 Å². The average molecular weight is 312 g/mol. The largest absolute Gasteiger partial charge is 0.494 e. The Morgan fingerprint density at radius 2 is 2.22 bits per heavy atom. The van der Waals surface area contributed by atoms with Crippen LogP contribution < -0.4 is 10.5 Å². The van der Waals surface area contributed by atoms with Crippen LogP contribution >= 0.6 is 15.9 Å². The van der Waals surface area contributed by atoms with Gasteiger partial charge in [-0.1, -0.05) is 35.7 Å². The summed E-state index contributed by atoms with van der Waals surface area (Å²) < 4.78 is 6.78. The molecule has 0 amide bonds. The number of halogens is 1. The Morgan fingerprint density at radius 1 is 1.44 bits per heavy atom. The van der Waals surface area contributed by atoms with Crippen molar-refractivity contribution in [2.75, 3.05) is 6.61 Å². The Hall–Kier alpha value is -0.540. The fraction of sp³-hybridized carbons (Fsp3) is 0.600. The zero-order valence-corrected chi connectivity index (χ0v) is 12.7. The van der Waals surface area contributed by atoms with Gasteiger partial charge in [-0.25, -0.2) is 0 Å². The lowest BCUT2D eigenvalue weighted by Crippen LogP contribution is -2.24. The summed E-state index contributed by atoms with van der Waals surface area (Å²) >= 11 is 3.53. The van der Waals surface area contributed by atoms with Crippen molar-refractivity contribution < 1.29 is 4.74 Å². The first kappa shape index (κ1) is 13.9. The van der Waals surface area contributed by atoms with Crippen LogP contribution in [0.4, 0.5) is 0 Å². The highest BCUT2D eigenvalue weighted by atomic mass is 79.9. The quantitative estimate of drug-likeness (QED) is 0.900. The molecular weight excluding hydrogens is 290 g/mol. The molecule has 18 heavy (non-hydrogen) atoms. The molecule has 0 bridgehead atoms. The van der Waals surface area contributed by atoms with Gasteiger partial charge in [0.1, 0.15) is 5.75 Å². The second-order valence-corrected chi connectivity index (χ2v) is 6.13. The summed E-state index contributed by atoms with van der Waals surface area (Å²) in [6.45, 7) is 5.01. The average Bonchev–Trinajstić information content (AvgIpc) is 2.77. The van der Waals surface area contributed by atoms with E-state index >= 15 is 0 Å². The van der Waals surface area contributed by atoms with Crippen molar-refractivity contribution in [3.05, 3.63) is 28.2 Å². The van der Waals surface area contributed by atoms with E-state index in [1.807, 2.05) is 19.1 Å². The van der Waals surface area contributed by atoms with Gasteiger partial charge >= 0.3 is 0 Å². The van der Waals surface area contributed by atoms with Gasteiger partial charge in [-0.15, -0.1) is 0 Å². The summed E-state index contributed by atoms with van der Waals surface area (Å²) in [6.07, 6.45) is 3.84. The van der Waals surface area contributed by atoms with Gasteiger partial charge in [0.25, 0.3) is 0 Å². The SMILES string of the molecule is CCOc1ccc(Br)cc1C(N)C1CCCC1C. The molecule has 2 N–H and O–H groups in total. The molecule has 0 saturated heterocycles. The van der Waals surface area contributed by atoms with Crippen LogP contribution in [0.3, 0.4) is 0 Å². The van der Waals surface area contributed by atoms with E-state index in [2.05, 4.69) is 28.9 Å². The van der Waals surface area contributed by atoms with Gasteiger partial charge in [0.15, 0.2) is 0 Å². The molecule has 0 aliphatic heterocycles. The summed E-state index contributed by atoms with van der Waals surface area (Å²) in [5.74, 6) is 2.24. The second-order valence-electron chi connectivity index (χ2n) is 5.21. The lowest BCUT2D eigenvalue weighted by atomic mass is 9.86. The zero-order chi connectivity index (χ0) is 13.1. The maximum atomic E-state index is 6.49. The highest BCUT2D eigenvalue weighted by Gasteiger charge is 2.31. The molecule has 1 aliphatic carbocycles. The monoisotopic (exact) mass is 311 g/mol. The van der Waals surface area contributed by atoms with E-state index < -0.39 is 0 Å². The van der Waals surface area contributed by atoms with Gasteiger partial charge in [0, 0.05) is 16.1 Å². The zero-order valence-electron chi connectivity index (χ0n) is 11.2. The molecule has 2 rings (SSSR count). The molecule has 0 spiro atoms. The normalized spacial score (nSPS) is 25.1. The van der Waals surface area contributed by atoms with Crippen molar-refractivity contribution in [2.45, 2.75) is 39.2 Å². The molecule has 0 radical (unpaired) electrons. The van der Waals surface area contributed by atoms with Gasteiger partial charge in [0.05, 0.1) is 6.61 Å². The number of hydrogen-bond acceptors (Lipinski definition) is 2. The summed E-state index contributed by atoms with van der Waals surface area (Å²) in [6, 6.07) is 6.23. The number of ether oxygens (including phenoxy) is 1. The second kappa shape index (κ2) is 6.07. The van der Waals surface area contributed by atoms with Gasteiger partial charge in [0.2, 0.25) is 0 Å². The molecule has 0 aromatic heterocycles. The van der Waals surface area contributed by atoms with Crippen molar-refractivity contribution in [3.63, 3.8) is 0 Å². The van der Waals surface area contributed by atoms with E-state index in [4.69, 9.17) is 10.5 Å². The first-order valence-corrected chi connectivity index (χ1v) is 7.60.